The molecule has 0 radical (unpaired) electrons. The summed E-state index contributed by atoms with van der Waals surface area (Å²) in [6.45, 7) is 2.65. The number of pyridine rings is 2. The number of piperidine rings is 2. The summed E-state index contributed by atoms with van der Waals surface area (Å²) in [6, 6.07) is 10.0. The van der Waals surface area contributed by atoms with Crippen LogP contribution in [0, 0.1) is 0 Å². The van der Waals surface area contributed by atoms with Gasteiger partial charge in [0.1, 0.15) is 11.6 Å². The number of amides is 1. The van der Waals surface area contributed by atoms with Crippen molar-refractivity contribution in [2.45, 2.75) is 44.1 Å². The van der Waals surface area contributed by atoms with Crippen LogP contribution in [-0.4, -0.2) is 46.5 Å². The van der Waals surface area contributed by atoms with Crippen molar-refractivity contribution in [1.29, 1.82) is 0 Å². The van der Waals surface area contributed by atoms with Crippen molar-refractivity contribution >= 4 is 17.5 Å². The molecule has 2 fully saturated rings. The van der Waals surface area contributed by atoms with E-state index in [1.54, 1.807) is 6.20 Å². The largest absolute Gasteiger partial charge is 0.341 e. The molecule has 1 amide bonds. The smallest absolute Gasteiger partial charge is 0.239 e. The number of nitrogens with one attached hydrogen (secondary N) is 2. The average molecular weight is 365 g/mol. The SMILES string of the molecule is O=C(C1CCCCN1)N1CCC(c2ccnc(Nc3ccccn3)c2)CC1. The molecule has 0 bridgehead atoms. The molecule has 1 atom stereocenters. The fourth-order valence-electron chi connectivity index (χ4n) is 4.05. The second-order valence-corrected chi connectivity index (χ2v) is 7.42. The van der Waals surface area contributed by atoms with Gasteiger partial charge in [0.05, 0.1) is 6.04 Å². The Hall–Kier alpha value is -2.47. The van der Waals surface area contributed by atoms with E-state index in [4.69, 9.17) is 0 Å². The topological polar surface area (TPSA) is 70.2 Å². The number of carbonyl (C=O) groups excluding carboxylic acids is 1. The molecule has 4 rings (SSSR count). The van der Waals surface area contributed by atoms with Gasteiger partial charge in [0.25, 0.3) is 0 Å². The van der Waals surface area contributed by atoms with Crippen LogP contribution in [0.2, 0.25) is 0 Å². The third-order valence-corrected chi connectivity index (χ3v) is 5.59. The second-order valence-electron chi connectivity index (χ2n) is 7.42. The number of likely N-dealkylation sites (tertiary alicyclic amines) is 1. The molecular weight excluding hydrogens is 338 g/mol. The molecular formula is C21H27N5O. The zero-order valence-corrected chi connectivity index (χ0v) is 15.6. The number of carbonyl (C=O) groups is 1. The number of hydrogen-bond acceptors (Lipinski definition) is 5. The molecule has 0 saturated carbocycles. The maximum absolute atomic E-state index is 12.7. The Kier molecular flexibility index (Phi) is 5.63. The molecule has 6 heteroatoms. The van der Waals surface area contributed by atoms with Gasteiger partial charge in [-0.1, -0.05) is 12.5 Å². The zero-order chi connectivity index (χ0) is 18.5. The zero-order valence-electron chi connectivity index (χ0n) is 15.6. The molecule has 142 valence electrons. The summed E-state index contributed by atoms with van der Waals surface area (Å²) in [4.78, 5) is 23.4. The van der Waals surface area contributed by atoms with Crippen LogP contribution in [0.5, 0.6) is 0 Å². The van der Waals surface area contributed by atoms with Crippen LogP contribution in [0.15, 0.2) is 42.7 Å². The first kappa shape index (κ1) is 17.9. The highest BCUT2D eigenvalue weighted by Gasteiger charge is 2.29. The Morgan fingerprint density at radius 1 is 1.04 bits per heavy atom. The molecule has 0 aliphatic carbocycles. The first-order valence-electron chi connectivity index (χ1n) is 9.96. The molecule has 2 aliphatic rings. The molecule has 0 aromatic carbocycles. The number of anilines is 2. The van der Waals surface area contributed by atoms with Crippen molar-refractivity contribution in [1.82, 2.24) is 20.2 Å². The van der Waals surface area contributed by atoms with Gasteiger partial charge in [0, 0.05) is 25.5 Å². The van der Waals surface area contributed by atoms with Crippen molar-refractivity contribution in [2.24, 2.45) is 0 Å². The third-order valence-electron chi connectivity index (χ3n) is 5.59. The van der Waals surface area contributed by atoms with E-state index >= 15 is 0 Å². The summed E-state index contributed by atoms with van der Waals surface area (Å²) in [5.74, 6) is 2.37. The molecule has 0 spiro atoms. The highest BCUT2D eigenvalue weighted by atomic mass is 16.2. The monoisotopic (exact) mass is 365 g/mol. The Balaban J connectivity index is 1.35. The van der Waals surface area contributed by atoms with Gasteiger partial charge in [-0.15, -0.1) is 0 Å². The minimum atomic E-state index is 0.0328. The number of nitrogens with zero attached hydrogens (tertiary/aromatic N) is 3. The summed E-state index contributed by atoms with van der Waals surface area (Å²) in [6.07, 6.45) is 8.94. The van der Waals surface area contributed by atoms with Gasteiger partial charge in [-0.05, 0) is 68.0 Å². The molecule has 2 aromatic rings. The van der Waals surface area contributed by atoms with Crippen LogP contribution in [0.4, 0.5) is 11.6 Å². The van der Waals surface area contributed by atoms with Gasteiger partial charge < -0.3 is 15.5 Å². The summed E-state index contributed by atoms with van der Waals surface area (Å²) >= 11 is 0. The van der Waals surface area contributed by atoms with Gasteiger partial charge in [0.15, 0.2) is 0 Å². The first-order chi connectivity index (χ1) is 13.3. The van der Waals surface area contributed by atoms with E-state index in [9.17, 15) is 4.79 Å². The first-order valence-corrected chi connectivity index (χ1v) is 9.96. The maximum Gasteiger partial charge on any atom is 0.239 e. The second kappa shape index (κ2) is 8.48. The van der Waals surface area contributed by atoms with E-state index in [-0.39, 0.29) is 6.04 Å². The van der Waals surface area contributed by atoms with Crippen molar-refractivity contribution < 1.29 is 4.79 Å². The van der Waals surface area contributed by atoms with Gasteiger partial charge in [-0.3, -0.25) is 4.79 Å². The lowest BCUT2D eigenvalue weighted by Crippen LogP contribution is -2.50. The van der Waals surface area contributed by atoms with Gasteiger partial charge >= 0.3 is 0 Å². The fraction of sp³-hybridized carbons (Fsp3) is 0.476. The van der Waals surface area contributed by atoms with Crippen LogP contribution < -0.4 is 10.6 Å². The number of hydrogen-bond donors (Lipinski definition) is 2. The van der Waals surface area contributed by atoms with Crippen LogP contribution in [-0.2, 0) is 4.79 Å². The van der Waals surface area contributed by atoms with Crippen molar-refractivity contribution in [2.75, 3.05) is 25.0 Å². The van der Waals surface area contributed by atoms with Gasteiger partial charge in [-0.2, -0.15) is 0 Å². The Bertz CT molecular complexity index is 752. The fourth-order valence-corrected chi connectivity index (χ4v) is 4.05. The van der Waals surface area contributed by atoms with Crippen LogP contribution >= 0.6 is 0 Å². The highest BCUT2D eigenvalue weighted by Crippen LogP contribution is 2.30. The number of aromatic nitrogens is 2. The Morgan fingerprint density at radius 2 is 1.89 bits per heavy atom. The van der Waals surface area contributed by atoms with E-state index in [0.717, 1.165) is 57.0 Å². The van der Waals surface area contributed by atoms with Crippen molar-refractivity contribution in [3.8, 4) is 0 Å². The summed E-state index contributed by atoms with van der Waals surface area (Å²) in [5, 5.41) is 6.63. The van der Waals surface area contributed by atoms with E-state index in [2.05, 4.69) is 32.7 Å². The summed E-state index contributed by atoms with van der Waals surface area (Å²) in [5.41, 5.74) is 1.28. The van der Waals surface area contributed by atoms with Gasteiger partial charge in [-0.25, -0.2) is 9.97 Å². The lowest BCUT2D eigenvalue weighted by Gasteiger charge is -2.35. The number of rotatable bonds is 4. The van der Waals surface area contributed by atoms with Crippen molar-refractivity contribution in [3.63, 3.8) is 0 Å². The van der Waals surface area contributed by atoms with E-state index in [0.29, 0.717) is 11.8 Å². The van der Waals surface area contributed by atoms with Crippen LogP contribution in [0.3, 0.4) is 0 Å². The van der Waals surface area contributed by atoms with E-state index < -0.39 is 0 Å². The summed E-state index contributed by atoms with van der Waals surface area (Å²) < 4.78 is 0. The Labute approximate surface area is 160 Å². The lowest BCUT2D eigenvalue weighted by molar-refractivity contribution is -0.135. The van der Waals surface area contributed by atoms with E-state index in [1.807, 2.05) is 29.3 Å². The molecule has 4 heterocycles. The molecule has 2 saturated heterocycles. The summed E-state index contributed by atoms with van der Waals surface area (Å²) in [7, 11) is 0. The average Bonchev–Trinajstić information content (AvgIpc) is 2.75. The molecule has 6 nitrogen and oxygen atoms in total. The normalized spacial score (nSPS) is 21.0. The standard InChI is InChI=1S/C21H27N5O/c27-21(18-5-1-3-10-22-18)26-13-8-16(9-14-26)17-7-12-24-20(15-17)25-19-6-2-4-11-23-19/h2,4,6-7,11-12,15-16,18,22H,1,3,5,8-10,13-14H2,(H,23,24,25). The Morgan fingerprint density at radius 3 is 2.63 bits per heavy atom. The lowest BCUT2D eigenvalue weighted by atomic mass is 9.89. The third kappa shape index (κ3) is 4.45. The molecule has 2 aliphatic heterocycles. The molecule has 2 aromatic heterocycles. The molecule has 2 N–H and O–H groups in total. The molecule has 27 heavy (non-hydrogen) atoms. The van der Waals surface area contributed by atoms with Gasteiger partial charge in [0.2, 0.25) is 5.91 Å². The van der Waals surface area contributed by atoms with E-state index in [1.165, 1.54) is 12.0 Å². The predicted octanol–water partition coefficient (Wildman–Crippen LogP) is 3.07. The van der Waals surface area contributed by atoms with Crippen LogP contribution in [0.1, 0.15) is 43.6 Å². The maximum atomic E-state index is 12.7. The highest BCUT2D eigenvalue weighted by molar-refractivity contribution is 5.82. The minimum absolute atomic E-state index is 0.0328. The van der Waals surface area contributed by atoms with Crippen molar-refractivity contribution in [3.05, 3.63) is 48.3 Å². The minimum Gasteiger partial charge on any atom is -0.341 e. The van der Waals surface area contributed by atoms with Crippen LogP contribution in [0.25, 0.3) is 0 Å². The molecule has 1 unspecified atom stereocenters. The predicted molar refractivity (Wildman–Crippen MR) is 106 cm³/mol. The quantitative estimate of drug-likeness (QED) is 0.871.